The van der Waals surface area contributed by atoms with E-state index in [2.05, 4.69) is 0 Å². The lowest BCUT2D eigenvalue weighted by Gasteiger charge is -2.18. The van der Waals surface area contributed by atoms with Gasteiger partial charge in [0.25, 0.3) is 0 Å². The van der Waals surface area contributed by atoms with Gasteiger partial charge in [-0.3, -0.25) is 0 Å². The molecule has 0 amide bonds. The molecule has 86 valence electrons. The van der Waals surface area contributed by atoms with Crippen molar-refractivity contribution in [2.45, 2.75) is 18.6 Å². The van der Waals surface area contributed by atoms with Gasteiger partial charge in [0.15, 0.2) is 11.6 Å². The molecule has 1 aromatic carbocycles. The van der Waals surface area contributed by atoms with Crippen molar-refractivity contribution in [3.63, 3.8) is 0 Å². The number of nitriles is 1. The first-order valence-electron chi connectivity index (χ1n) is 4.45. The Bertz CT molecular complexity index is 432. The molecule has 4 N–H and O–H groups in total. The highest BCUT2D eigenvalue weighted by molar-refractivity contribution is 5.49. The van der Waals surface area contributed by atoms with Crippen LogP contribution in [0, 0.1) is 23.0 Å². The highest BCUT2D eigenvalue weighted by atomic mass is 19.2. The van der Waals surface area contributed by atoms with Crippen LogP contribution in [0.15, 0.2) is 12.1 Å². The standard InChI is InChI=1S/C10H10F2N2O2/c11-5-1-2-6(14)8(9(5)12)10(16)7(15)3-4-13/h1-2,7,10,15-16H,3,14H2. The largest absolute Gasteiger partial charge is 0.398 e. The van der Waals surface area contributed by atoms with E-state index < -0.39 is 35.8 Å². The first-order chi connectivity index (χ1) is 7.49. The monoisotopic (exact) mass is 228 g/mol. The Morgan fingerprint density at radius 3 is 2.56 bits per heavy atom. The van der Waals surface area contributed by atoms with Crippen LogP contribution >= 0.6 is 0 Å². The smallest absolute Gasteiger partial charge is 0.166 e. The zero-order chi connectivity index (χ0) is 12.3. The van der Waals surface area contributed by atoms with E-state index >= 15 is 0 Å². The van der Waals surface area contributed by atoms with Crippen LogP contribution in [0.2, 0.25) is 0 Å². The van der Waals surface area contributed by atoms with Crippen molar-refractivity contribution in [3.8, 4) is 6.07 Å². The summed E-state index contributed by atoms with van der Waals surface area (Å²) >= 11 is 0. The predicted molar refractivity (Wildman–Crippen MR) is 52.0 cm³/mol. The molecule has 0 aliphatic carbocycles. The molecule has 0 aliphatic heterocycles. The molecule has 0 spiro atoms. The van der Waals surface area contributed by atoms with Gasteiger partial charge in [-0.05, 0) is 12.1 Å². The summed E-state index contributed by atoms with van der Waals surface area (Å²) < 4.78 is 26.2. The van der Waals surface area contributed by atoms with E-state index in [1.165, 1.54) is 0 Å². The Morgan fingerprint density at radius 2 is 2.00 bits per heavy atom. The van der Waals surface area contributed by atoms with Gasteiger partial charge in [-0.2, -0.15) is 5.26 Å². The van der Waals surface area contributed by atoms with Crippen LogP contribution in [0.3, 0.4) is 0 Å². The van der Waals surface area contributed by atoms with Crippen molar-refractivity contribution in [2.24, 2.45) is 0 Å². The van der Waals surface area contributed by atoms with Crippen molar-refractivity contribution in [3.05, 3.63) is 29.3 Å². The van der Waals surface area contributed by atoms with Gasteiger partial charge in [0.1, 0.15) is 6.10 Å². The summed E-state index contributed by atoms with van der Waals surface area (Å²) in [5.41, 5.74) is 4.66. The van der Waals surface area contributed by atoms with Crippen molar-refractivity contribution >= 4 is 5.69 Å². The predicted octanol–water partition coefficient (Wildman–Crippen LogP) is 0.855. The van der Waals surface area contributed by atoms with E-state index in [4.69, 9.17) is 11.0 Å². The van der Waals surface area contributed by atoms with Gasteiger partial charge in [-0.15, -0.1) is 0 Å². The Kier molecular flexibility index (Phi) is 3.77. The molecule has 0 aromatic heterocycles. The molecule has 0 bridgehead atoms. The second-order valence-corrected chi connectivity index (χ2v) is 3.24. The quantitative estimate of drug-likeness (QED) is 0.669. The van der Waals surface area contributed by atoms with Crippen LogP contribution in [0.5, 0.6) is 0 Å². The topological polar surface area (TPSA) is 90.3 Å². The van der Waals surface area contributed by atoms with E-state index in [1.807, 2.05) is 0 Å². The summed E-state index contributed by atoms with van der Waals surface area (Å²) in [4.78, 5) is 0. The number of hydrogen-bond acceptors (Lipinski definition) is 4. The lowest BCUT2D eigenvalue weighted by atomic mass is 10.00. The van der Waals surface area contributed by atoms with Crippen LogP contribution in [0.25, 0.3) is 0 Å². The van der Waals surface area contributed by atoms with Crippen LogP contribution < -0.4 is 5.73 Å². The highest BCUT2D eigenvalue weighted by Crippen LogP contribution is 2.28. The number of hydrogen-bond donors (Lipinski definition) is 3. The number of aliphatic hydroxyl groups is 2. The number of nitrogens with zero attached hydrogens (tertiary/aromatic N) is 1. The molecule has 0 radical (unpaired) electrons. The van der Waals surface area contributed by atoms with E-state index in [0.29, 0.717) is 0 Å². The molecular weight excluding hydrogens is 218 g/mol. The van der Waals surface area contributed by atoms with Gasteiger partial charge >= 0.3 is 0 Å². The van der Waals surface area contributed by atoms with Crippen molar-refractivity contribution in [1.29, 1.82) is 5.26 Å². The Labute approximate surface area is 90.5 Å². The number of nitrogens with two attached hydrogens (primary N) is 1. The summed E-state index contributed by atoms with van der Waals surface area (Å²) in [6.07, 6.45) is -3.64. The first kappa shape index (κ1) is 12.4. The summed E-state index contributed by atoms with van der Waals surface area (Å²) in [7, 11) is 0. The molecule has 0 fully saturated rings. The molecule has 0 aliphatic rings. The minimum absolute atomic E-state index is 0.177. The second-order valence-electron chi connectivity index (χ2n) is 3.24. The maximum Gasteiger partial charge on any atom is 0.166 e. The van der Waals surface area contributed by atoms with Crippen LogP contribution in [-0.4, -0.2) is 16.3 Å². The van der Waals surface area contributed by atoms with Crippen LogP contribution in [-0.2, 0) is 0 Å². The molecular formula is C10H10F2N2O2. The minimum atomic E-state index is -1.73. The van der Waals surface area contributed by atoms with E-state index in [0.717, 1.165) is 12.1 Å². The summed E-state index contributed by atoms with van der Waals surface area (Å²) in [5, 5.41) is 27.1. The molecule has 2 unspecified atom stereocenters. The Balaban J connectivity index is 3.13. The maximum absolute atomic E-state index is 13.3. The summed E-state index contributed by atoms with van der Waals surface area (Å²) in [6, 6.07) is 3.50. The lowest BCUT2D eigenvalue weighted by molar-refractivity contribution is 0.0196. The van der Waals surface area contributed by atoms with E-state index in [-0.39, 0.29) is 5.69 Å². The summed E-state index contributed by atoms with van der Waals surface area (Å²) in [5.74, 6) is -2.49. The third-order valence-corrected chi connectivity index (χ3v) is 2.13. The van der Waals surface area contributed by atoms with Crippen LogP contribution in [0.1, 0.15) is 18.1 Å². The first-order valence-corrected chi connectivity index (χ1v) is 4.45. The fourth-order valence-corrected chi connectivity index (χ4v) is 1.28. The van der Waals surface area contributed by atoms with Crippen molar-refractivity contribution < 1.29 is 19.0 Å². The molecule has 0 saturated carbocycles. The molecule has 2 atom stereocenters. The fourth-order valence-electron chi connectivity index (χ4n) is 1.28. The number of aliphatic hydroxyl groups excluding tert-OH is 2. The van der Waals surface area contributed by atoms with Crippen LogP contribution in [0.4, 0.5) is 14.5 Å². The molecule has 0 saturated heterocycles. The third kappa shape index (κ3) is 2.27. The molecule has 1 aromatic rings. The SMILES string of the molecule is N#CCC(O)C(O)c1c(N)ccc(F)c1F. The molecule has 6 heteroatoms. The number of rotatable bonds is 3. The molecule has 16 heavy (non-hydrogen) atoms. The number of halogens is 2. The fraction of sp³-hybridized carbons (Fsp3) is 0.300. The van der Waals surface area contributed by atoms with Crippen molar-refractivity contribution in [2.75, 3.05) is 5.73 Å². The third-order valence-electron chi connectivity index (χ3n) is 2.13. The Morgan fingerprint density at radius 1 is 1.38 bits per heavy atom. The van der Waals surface area contributed by atoms with E-state index in [1.54, 1.807) is 6.07 Å². The number of anilines is 1. The molecule has 4 nitrogen and oxygen atoms in total. The lowest BCUT2D eigenvalue weighted by Crippen LogP contribution is -2.20. The van der Waals surface area contributed by atoms with E-state index in [9.17, 15) is 19.0 Å². The minimum Gasteiger partial charge on any atom is -0.398 e. The van der Waals surface area contributed by atoms with Gasteiger partial charge in [-0.25, -0.2) is 8.78 Å². The van der Waals surface area contributed by atoms with Crippen molar-refractivity contribution in [1.82, 2.24) is 0 Å². The van der Waals surface area contributed by atoms with Gasteiger partial charge in [0.05, 0.1) is 18.6 Å². The van der Waals surface area contributed by atoms with Gasteiger partial charge in [0.2, 0.25) is 0 Å². The second kappa shape index (κ2) is 4.88. The Hall–Kier alpha value is -1.71. The highest BCUT2D eigenvalue weighted by Gasteiger charge is 2.25. The average Bonchev–Trinajstić information content (AvgIpc) is 2.24. The summed E-state index contributed by atoms with van der Waals surface area (Å²) in [6.45, 7) is 0. The number of benzene rings is 1. The van der Waals surface area contributed by atoms with Gasteiger partial charge < -0.3 is 15.9 Å². The van der Waals surface area contributed by atoms with Gasteiger partial charge in [0, 0.05) is 11.3 Å². The number of nitrogen functional groups attached to an aromatic ring is 1. The zero-order valence-corrected chi connectivity index (χ0v) is 8.19. The zero-order valence-electron chi connectivity index (χ0n) is 8.19. The average molecular weight is 228 g/mol. The molecule has 0 heterocycles. The molecule has 1 rings (SSSR count). The van der Waals surface area contributed by atoms with Gasteiger partial charge in [-0.1, -0.05) is 0 Å². The maximum atomic E-state index is 13.3. The normalized spacial score (nSPS) is 14.2.